The Bertz CT molecular complexity index is 785. The lowest BCUT2D eigenvalue weighted by Crippen LogP contribution is -2.57. The van der Waals surface area contributed by atoms with Crippen molar-refractivity contribution in [1.29, 1.82) is 0 Å². The van der Waals surface area contributed by atoms with Crippen LogP contribution in [0.1, 0.15) is 13.8 Å². The number of rotatable bonds is 6. The zero-order valence-electron chi connectivity index (χ0n) is 17.9. The molecule has 0 aromatic carbocycles. The second-order valence-electron chi connectivity index (χ2n) is 7.82. The smallest absolute Gasteiger partial charge is 0.337 e. The van der Waals surface area contributed by atoms with E-state index in [1.807, 2.05) is 11.9 Å². The highest BCUT2D eigenvalue weighted by Gasteiger charge is 2.35. The summed E-state index contributed by atoms with van der Waals surface area (Å²) in [7, 11) is -1.48. The van der Waals surface area contributed by atoms with Gasteiger partial charge in [-0.3, -0.25) is 4.90 Å². The number of carbonyl (C=O) groups excluding carboxylic acids is 2. The molecule has 0 bridgehead atoms. The average Bonchev–Trinajstić information content (AvgIpc) is 2.68. The van der Waals surface area contributed by atoms with Crippen molar-refractivity contribution in [3.8, 4) is 0 Å². The highest BCUT2D eigenvalue weighted by atomic mass is 32.2. The number of hydrogen-bond donors (Lipinski definition) is 2. The van der Waals surface area contributed by atoms with Crippen molar-refractivity contribution in [3.05, 3.63) is 11.3 Å². The van der Waals surface area contributed by atoms with Crippen molar-refractivity contribution >= 4 is 22.2 Å². The van der Waals surface area contributed by atoms with Gasteiger partial charge in [0.1, 0.15) is 0 Å². The molecule has 0 aromatic heterocycles. The Kier molecular flexibility index (Phi) is 7.34. The minimum absolute atomic E-state index is 0.249. The van der Waals surface area contributed by atoms with E-state index in [-0.39, 0.29) is 12.6 Å². The van der Waals surface area contributed by atoms with E-state index in [9.17, 15) is 18.0 Å². The predicted octanol–water partition coefficient (Wildman–Crippen LogP) is -1.39. The van der Waals surface area contributed by atoms with E-state index in [0.717, 1.165) is 13.1 Å². The van der Waals surface area contributed by atoms with Crippen LogP contribution < -0.4 is 10.6 Å². The molecule has 0 aliphatic carbocycles. The molecule has 3 heterocycles. The maximum atomic E-state index is 12.9. The number of amides is 2. The summed E-state index contributed by atoms with van der Waals surface area (Å²) < 4.78 is 34.1. The molecule has 3 aliphatic rings. The first-order valence-corrected chi connectivity index (χ1v) is 11.8. The SMILES string of the molecule is CCOC(=O)C1=C(CN2CCN(S(=O)(=O)N3CCN(C)CC3)CC2)NC(=O)NC1C. The van der Waals surface area contributed by atoms with Gasteiger partial charge >= 0.3 is 12.0 Å². The van der Waals surface area contributed by atoms with Crippen LogP contribution in [0.2, 0.25) is 0 Å². The van der Waals surface area contributed by atoms with Gasteiger partial charge in [-0.15, -0.1) is 0 Å². The quantitative estimate of drug-likeness (QED) is 0.485. The summed E-state index contributed by atoms with van der Waals surface area (Å²) in [4.78, 5) is 28.4. The van der Waals surface area contributed by atoms with Gasteiger partial charge in [0.2, 0.25) is 0 Å². The zero-order chi connectivity index (χ0) is 21.9. The fourth-order valence-electron chi connectivity index (χ4n) is 3.93. The van der Waals surface area contributed by atoms with Crippen molar-refractivity contribution in [2.75, 3.05) is 72.6 Å². The first-order chi connectivity index (χ1) is 14.2. The summed E-state index contributed by atoms with van der Waals surface area (Å²) in [5.41, 5.74) is 0.920. The lowest BCUT2D eigenvalue weighted by atomic mass is 10.0. The molecule has 3 aliphatic heterocycles. The second-order valence-corrected chi connectivity index (χ2v) is 9.75. The van der Waals surface area contributed by atoms with E-state index >= 15 is 0 Å². The van der Waals surface area contributed by atoms with Gasteiger partial charge in [-0.2, -0.15) is 17.0 Å². The van der Waals surface area contributed by atoms with Gasteiger partial charge in [-0.05, 0) is 20.9 Å². The van der Waals surface area contributed by atoms with Crippen LogP contribution in [0.5, 0.6) is 0 Å². The van der Waals surface area contributed by atoms with E-state index in [1.165, 1.54) is 4.31 Å². The maximum Gasteiger partial charge on any atom is 0.337 e. The van der Waals surface area contributed by atoms with Gasteiger partial charge in [0.25, 0.3) is 10.2 Å². The zero-order valence-corrected chi connectivity index (χ0v) is 18.7. The van der Waals surface area contributed by atoms with Gasteiger partial charge < -0.3 is 20.3 Å². The summed E-state index contributed by atoms with van der Waals surface area (Å²) in [5.74, 6) is -0.455. The highest BCUT2D eigenvalue weighted by Crippen LogP contribution is 2.18. The standard InChI is InChI=1S/C18H32N6O5S/c1-4-29-17(25)16-14(2)19-18(26)20-15(16)13-22-7-11-24(12-8-22)30(27,28)23-9-5-21(3)6-10-23/h14H,4-13H2,1-3H3,(H2,19,20,26). The summed E-state index contributed by atoms with van der Waals surface area (Å²) in [5, 5.41) is 5.40. The first-order valence-electron chi connectivity index (χ1n) is 10.4. The van der Waals surface area contributed by atoms with Crippen molar-refractivity contribution in [3.63, 3.8) is 0 Å². The average molecular weight is 445 g/mol. The van der Waals surface area contributed by atoms with E-state index < -0.39 is 22.2 Å². The number of nitrogens with zero attached hydrogens (tertiary/aromatic N) is 4. The fraction of sp³-hybridized carbons (Fsp3) is 0.778. The Hall–Kier alpha value is -1.73. The predicted molar refractivity (Wildman–Crippen MR) is 111 cm³/mol. The van der Waals surface area contributed by atoms with Crippen LogP contribution in [0.15, 0.2) is 11.3 Å². The summed E-state index contributed by atoms with van der Waals surface area (Å²) in [6.45, 7) is 8.34. The molecular weight excluding hydrogens is 412 g/mol. The molecule has 2 fully saturated rings. The molecule has 0 radical (unpaired) electrons. The molecule has 2 amide bonds. The van der Waals surface area contributed by atoms with E-state index in [0.29, 0.717) is 57.1 Å². The number of esters is 1. The number of hydrogen-bond acceptors (Lipinski definition) is 7. The van der Waals surface area contributed by atoms with Crippen LogP contribution in [0.3, 0.4) is 0 Å². The molecule has 2 saturated heterocycles. The van der Waals surface area contributed by atoms with Crippen LogP contribution in [-0.4, -0.2) is 117 Å². The second kappa shape index (κ2) is 9.60. The lowest BCUT2D eigenvalue weighted by Gasteiger charge is -2.39. The van der Waals surface area contributed by atoms with Gasteiger partial charge in [0.15, 0.2) is 0 Å². The number of piperazine rings is 2. The molecule has 30 heavy (non-hydrogen) atoms. The lowest BCUT2D eigenvalue weighted by molar-refractivity contribution is -0.139. The maximum absolute atomic E-state index is 12.9. The van der Waals surface area contributed by atoms with E-state index in [4.69, 9.17) is 4.74 Å². The largest absolute Gasteiger partial charge is 0.463 e. The molecule has 3 rings (SSSR count). The summed E-state index contributed by atoms with van der Waals surface area (Å²) in [6.07, 6.45) is 0. The van der Waals surface area contributed by atoms with Crippen molar-refractivity contribution < 1.29 is 22.7 Å². The van der Waals surface area contributed by atoms with Gasteiger partial charge in [-0.1, -0.05) is 0 Å². The number of carbonyl (C=O) groups is 2. The molecule has 0 saturated carbocycles. The number of likely N-dealkylation sites (N-methyl/N-ethyl adjacent to an activating group) is 1. The molecule has 1 unspecified atom stereocenters. The Labute approximate surface area is 178 Å². The van der Waals surface area contributed by atoms with Crippen molar-refractivity contribution in [1.82, 2.24) is 29.0 Å². The van der Waals surface area contributed by atoms with Crippen LogP contribution >= 0.6 is 0 Å². The summed E-state index contributed by atoms with van der Waals surface area (Å²) in [6, 6.07) is -0.812. The Morgan fingerprint density at radius 2 is 1.63 bits per heavy atom. The molecule has 1 atom stereocenters. The molecule has 0 spiro atoms. The van der Waals surface area contributed by atoms with Gasteiger partial charge in [0.05, 0.1) is 18.2 Å². The van der Waals surface area contributed by atoms with Gasteiger partial charge in [-0.25, -0.2) is 9.59 Å². The minimum atomic E-state index is -3.47. The van der Waals surface area contributed by atoms with Crippen molar-refractivity contribution in [2.45, 2.75) is 19.9 Å². The number of ether oxygens (including phenoxy) is 1. The monoisotopic (exact) mass is 444 g/mol. The summed E-state index contributed by atoms with van der Waals surface area (Å²) >= 11 is 0. The minimum Gasteiger partial charge on any atom is -0.463 e. The third-order valence-corrected chi connectivity index (χ3v) is 7.73. The molecule has 11 nitrogen and oxygen atoms in total. The van der Waals surface area contributed by atoms with Crippen LogP contribution in [0.4, 0.5) is 4.79 Å². The topological polar surface area (TPSA) is 115 Å². The third-order valence-electron chi connectivity index (χ3n) is 5.69. The molecule has 170 valence electrons. The Morgan fingerprint density at radius 1 is 1.07 bits per heavy atom. The fourth-order valence-corrected chi connectivity index (χ4v) is 5.50. The number of nitrogens with one attached hydrogen (secondary N) is 2. The van der Waals surface area contributed by atoms with E-state index in [2.05, 4.69) is 15.5 Å². The van der Waals surface area contributed by atoms with Crippen LogP contribution in [-0.2, 0) is 19.7 Å². The molecule has 2 N–H and O–H groups in total. The van der Waals surface area contributed by atoms with Gasteiger partial charge in [0, 0.05) is 64.6 Å². The Morgan fingerprint density at radius 3 is 2.20 bits per heavy atom. The highest BCUT2D eigenvalue weighted by molar-refractivity contribution is 7.86. The first kappa shape index (κ1) is 22.9. The van der Waals surface area contributed by atoms with Crippen LogP contribution in [0, 0.1) is 0 Å². The number of urea groups is 1. The normalized spacial score (nSPS) is 25.7. The van der Waals surface area contributed by atoms with E-state index in [1.54, 1.807) is 18.2 Å². The molecule has 12 heteroatoms. The Balaban J connectivity index is 1.63. The van der Waals surface area contributed by atoms with Crippen LogP contribution in [0.25, 0.3) is 0 Å². The van der Waals surface area contributed by atoms with Crippen molar-refractivity contribution in [2.24, 2.45) is 0 Å². The molecule has 0 aromatic rings. The molecular formula is C18H32N6O5S. The third kappa shape index (κ3) is 5.11.